The summed E-state index contributed by atoms with van der Waals surface area (Å²) >= 11 is 2.01. The first kappa shape index (κ1) is 14.6. The molecular weight excluding hydrogens is 282 g/mol. The lowest BCUT2D eigenvalue weighted by molar-refractivity contribution is 0.572. The molecule has 5 nitrogen and oxygen atoms in total. The van der Waals surface area contributed by atoms with Gasteiger partial charge in [0.2, 0.25) is 0 Å². The van der Waals surface area contributed by atoms with Gasteiger partial charge in [-0.15, -0.1) is 5.10 Å². The Morgan fingerprint density at radius 3 is 2.76 bits per heavy atom. The number of rotatable bonds is 6. The summed E-state index contributed by atoms with van der Waals surface area (Å²) in [5.41, 5.74) is 4.94. The Hall–Kier alpha value is -1.37. The Bertz CT molecular complexity index is 550. The van der Waals surface area contributed by atoms with Crippen LogP contribution in [-0.2, 0) is 0 Å². The van der Waals surface area contributed by atoms with Crippen molar-refractivity contribution in [2.75, 3.05) is 5.75 Å². The zero-order valence-corrected chi connectivity index (χ0v) is 12.8. The third-order valence-electron chi connectivity index (χ3n) is 3.94. The number of nitrogens with one attached hydrogen (secondary N) is 1. The highest BCUT2D eigenvalue weighted by Gasteiger charge is 2.21. The van der Waals surface area contributed by atoms with E-state index in [1.54, 1.807) is 6.20 Å². The molecule has 3 rings (SSSR count). The van der Waals surface area contributed by atoms with E-state index >= 15 is 0 Å². The average molecular weight is 303 g/mol. The zero-order chi connectivity index (χ0) is 14.5. The molecule has 1 fully saturated rings. The second kappa shape index (κ2) is 7.06. The van der Waals surface area contributed by atoms with E-state index in [9.17, 15) is 0 Å². The minimum Gasteiger partial charge on any atom is -0.271 e. The number of hydrogen-bond donors (Lipinski definition) is 2. The molecule has 1 aromatic heterocycles. The van der Waals surface area contributed by atoms with Gasteiger partial charge in [-0.1, -0.05) is 36.3 Å². The molecule has 1 aliphatic carbocycles. The highest BCUT2D eigenvalue weighted by molar-refractivity contribution is 7.99. The largest absolute Gasteiger partial charge is 0.271 e. The SMILES string of the molecule is NNC(CSC1CCCC1)c1cnnn1-c1ccccc1. The van der Waals surface area contributed by atoms with Gasteiger partial charge in [0.15, 0.2) is 0 Å². The highest BCUT2D eigenvalue weighted by atomic mass is 32.2. The maximum Gasteiger partial charge on any atom is 0.0837 e. The van der Waals surface area contributed by atoms with E-state index in [0.29, 0.717) is 0 Å². The van der Waals surface area contributed by atoms with Gasteiger partial charge in [-0.05, 0) is 25.0 Å². The van der Waals surface area contributed by atoms with E-state index in [0.717, 1.165) is 22.4 Å². The summed E-state index contributed by atoms with van der Waals surface area (Å²) in [7, 11) is 0. The van der Waals surface area contributed by atoms with Crippen LogP contribution in [0.4, 0.5) is 0 Å². The van der Waals surface area contributed by atoms with Crippen LogP contribution in [0.25, 0.3) is 5.69 Å². The number of hydrogen-bond acceptors (Lipinski definition) is 5. The second-order valence-corrected chi connectivity index (χ2v) is 6.70. The minimum absolute atomic E-state index is 0.0609. The van der Waals surface area contributed by atoms with Crippen LogP contribution in [0.3, 0.4) is 0 Å². The normalized spacial score (nSPS) is 17.2. The number of benzene rings is 1. The van der Waals surface area contributed by atoms with Crippen LogP contribution in [0.1, 0.15) is 37.4 Å². The lowest BCUT2D eigenvalue weighted by atomic mass is 10.2. The van der Waals surface area contributed by atoms with E-state index in [1.165, 1.54) is 25.7 Å². The van der Waals surface area contributed by atoms with Crippen LogP contribution in [0.15, 0.2) is 36.5 Å². The van der Waals surface area contributed by atoms with Gasteiger partial charge in [0.25, 0.3) is 0 Å². The predicted molar refractivity (Wildman–Crippen MR) is 86.1 cm³/mol. The zero-order valence-electron chi connectivity index (χ0n) is 12.0. The highest BCUT2D eigenvalue weighted by Crippen LogP contribution is 2.32. The van der Waals surface area contributed by atoms with Gasteiger partial charge in [0.1, 0.15) is 0 Å². The molecule has 0 aliphatic heterocycles. The molecule has 0 saturated heterocycles. The molecule has 3 N–H and O–H groups in total. The summed E-state index contributed by atoms with van der Waals surface area (Å²) in [6, 6.07) is 10.1. The number of nitrogens with zero attached hydrogens (tertiary/aromatic N) is 3. The lowest BCUT2D eigenvalue weighted by Crippen LogP contribution is -2.31. The number of nitrogens with two attached hydrogens (primary N) is 1. The van der Waals surface area contributed by atoms with Crippen molar-refractivity contribution in [2.45, 2.75) is 37.0 Å². The molecule has 6 heteroatoms. The minimum atomic E-state index is 0.0609. The van der Waals surface area contributed by atoms with Crippen molar-refractivity contribution in [2.24, 2.45) is 5.84 Å². The molecule has 0 radical (unpaired) electrons. The van der Waals surface area contributed by atoms with Gasteiger partial charge in [-0.3, -0.25) is 11.3 Å². The van der Waals surface area contributed by atoms with Crippen LogP contribution in [0.5, 0.6) is 0 Å². The molecular formula is C15H21N5S. The van der Waals surface area contributed by atoms with E-state index in [-0.39, 0.29) is 6.04 Å². The van der Waals surface area contributed by atoms with Crippen molar-refractivity contribution >= 4 is 11.8 Å². The summed E-state index contributed by atoms with van der Waals surface area (Å²) in [6.07, 6.45) is 7.19. The molecule has 1 saturated carbocycles. The smallest absolute Gasteiger partial charge is 0.0837 e. The van der Waals surface area contributed by atoms with E-state index < -0.39 is 0 Å². The molecule has 0 spiro atoms. The summed E-state index contributed by atoms with van der Waals surface area (Å²) in [6.45, 7) is 0. The molecule has 1 heterocycles. The first-order valence-corrected chi connectivity index (χ1v) is 8.47. The third kappa shape index (κ3) is 3.45. The topological polar surface area (TPSA) is 68.8 Å². The maximum absolute atomic E-state index is 5.76. The van der Waals surface area contributed by atoms with Gasteiger partial charge in [-0.25, -0.2) is 4.68 Å². The summed E-state index contributed by atoms with van der Waals surface area (Å²) in [5.74, 6) is 6.71. The molecule has 21 heavy (non-hydrogen) atoms. The van der Waals surface area contributed by atoms with E-state index in [2.05, 4.69) is 15.7 Å². The van der Waals surface area contributed by atoms with Crippen LogP contribution < -0.4 is 11.3 Å². The fourth-order valence-corrected chi connectivity index (χ4v) is 4.15. The van der Waals surface area contributed by atoms with Gasteiger partial charge in [0, 0.05) is 11.0 Å². The van der Waals surface area contributed by atoms with Gasteiger partial charge in [-0.2, -0.15) is 11.8 Å². The van der Waals surface area contributed by atoms with Crippen LogP contribution in [-0.4, -0.2) is 26.0 Å². The van der Waals surface area contributed by atoms with Crippen LogP contribution in [0, 0.1) is 0 Å². The maximum atomic E-state index is 5.76. The number of thioether (sulfide) groups is 1. The Morgan fingerprint density at radius 1 is 1.29 bits per heavy atom. The monoisotopic (exact) mass is 303 g/mol. The fraction of sp³-hybridized carbons (Fsp3) is 0.467. The van der Waals surface area contributed by atoms with Crippen LogP contribution >= 0.6 is 11.8 Å². The molecule has 1 unspecified atom stereocenters. The average Bonchev–Trinajstić information content (AvgIpc) is 3.20. The van der Waals surface area contributed by atoms with Crippen molar-refractivity contribution < 1.29 is 0 Å². The van der Waals surface area contributed by atoms with E-state index in [4.69, 9.17) is 5.84 Å². The standard InChI is InChI=1S/C15H21N5S/c16-18-14(11-21-13-8-4-5-9-13)15-10-17-19-20(15)12-6-2-1-3-7-12/h1-3,6-7,10,13-14,18H,4-5,8-9,11,16H2. The molecule has 1 aliphatic rings. The second-order valence-electron chi connectivity index (χ2n) is 5.37. The number of para-hydroxylation sites is 1. The third-order valence-corrected chi connectivity index (χ3v) is 5.40. The fourth-order valence-electron chi connectivity index (χ4n) is 2.76. The lowest BCUT2D eigenvalue weighted by Gasteiger charge is -2.18. The first-order chi connectivity index (χ1) is 10.4. The number of aromatic nitrogens is 3. The molecule has 112 valence electrons. The molecule has 2 aromatic rings. The van der Waals surface area contributed by atoms with Gasteiger partial charge >= 0.3 is 0 Å². The van der Waals surface area contributed by atoms with Crippen molar-refractivity contribution in [1.82, 2.24) is 20.4 Å². The van der Waals surface area contributed by atoms with Gasteiger partial charge < -0.3 is 0 Å². The molecule has 1 aromatic carbocycles. The molecule has 1 atom stereocenters. The Kier molecular flexibility index (Phi) is 4.90. The Morgan fingerprint density at radius 2 is 2.05 bits per heavy atom. The predicted octanol–water partition coefficient (Wildman–Crippen LogP) is 2.45. The van der Waals surface area contributed by atoms with E-state index in [1.807, 2.05) is 46.8 Å². The van der Waals surface area contributed by atoms with Crippen molar-refractivity contribution in [1.29, 1.82) is 0 Å². The Labute approximate surface area is 129 Å². The Balaban J connectivity index is 1.73. The van der Waals surface area contributed by atoms with Crippen molar-refractivity contribution in [3.05, 3.63) is 42.2 Å². The quantitative estimate of drug-likeness (QED) is 0.634. The summed E-state index contributed by atoms with van der Waals surface area (Å²) in [4.78, 5) is 0. The van der Waals surface area contributed by atoms with Gasteiger partial charge in [0.05, 0.1) is 23.6 Å². The summed E-state index contributed by atoms with van der Waals surface area (Å²) in [5, 5.41) is 9.03. The van der Waals surface area contributed by atoms with Crippen molar-refractivity contribution in [3.8, 4) is 5.69 Å². The summed E-state index contributed by atoms with van der Waals surface area (Å²) < 4.78 is 1.86. The first-order valence-electron chi connectivity index (χ1n) is 7.42. The van der Waals surface area contributed by atoms with Crippen LogP contribution in [0.2, 0.25) is 0 Å². The molecule has 0 amide bonds. The van der Waals surface area contributed by atoms with Crippen molar-refractivity contribution in [3.63, 3.8) is 0 Å². The number of hydrazine groups is 1. The molecule has 0 bridgehead atoms.